The topological polar surface area (TPSA) is 12.4 Å². The Kier molecular flexibility index (Phi) is 19.6. The molecule has 0 aromatic rings. The van der Waals surface area contributed by atoms with Crippen molar-refractivity contribution >= 4 is 5.87 Å². The zero-order valence-electron chi connectivity index (χ0n) is 6.78. The van der Waals surface area contributed by atoms with E-state index in [1.54, 1.807) is 0 Å². The zero-order chi connectivity index (χ0) is 7.54. The van der Waals surface area contributed by atoms with Gasteiger partial charge in [-0.15, -0.1) is 0 Å². The van der Waals surface area contributed by atoms with Crippen LogP contribution >= 0.6 is 0 Å². The van der Waals surface area contributed by atoms with Crippen molar-refractivity contribution in [3.63, 3.8) is 0 Å². The lowest BCUT2D eigenvalue weighted by molar-refractivity contribution is 0.811. The number of aliphatic imine (C=N–C) groups is 1. The lowest BCUT2D eigenvalue weighted by atomic mass is 10.3. The molecule has 0 aromatic carbocycles. The van der Waals surface area contributed by atoms with Gasteiger partial charge in [-0.25, -0.2) is 4.99 Å². The third kappa shape index (κ3) is 18.6. The van der Waals surface area contributed by atoms with Crippen molar-refractivity contribution in [1.29, 1.82) is 0 Å². The predicted molar refractivity (Wildman–Crippen MR) is 44.2 cm³/mol. The van der Waals surface area contributed by atoms with Crippen molar-refractivity contribution in [2.45, 2.75) is 33.6 Å². The number of unbranched alkanes of at least 4 members (excludes halogenated alkanes) is 1. The molecule has 0 rings (SSSR count). The molecule has 0 aliphatic carbocycles. The number of hydrogen-bond donors (Lipinski definition) is 0. The molecule has 0 heterocycles. The maximum Gasteiger partial charge on any atom is 0.0483 e. The lowest BCUT2D eigenvalue weighted by Crippen LogP contribution is -1.74. The number of hydrogen-bond acceptors (Lipinski definition) is 1. The minimum atomic E-state index is 0.889. The quantitative estimate of drug-likeness (QED) is 0.408. The molecule has 0 N–H and O–H groups in total. The highest BCUT2D eigenvalue weighted by atomic mass is 14.7. The van der Waals surface area contributed by atoms with E-state index in [-0.39, 0.29) is 0 Å². The van der Waals surface area contributed by atoms with Crippen LogP contribution in [0.1, 0.15) is 33.6 Å². The molecule has 0 spiro atoms. The standard InChI is InChI=1S/C6H11N.C2H6/c1-3-5-6-7-4-2;1-2/h2-3,5-6H2,1H3;1-2H3. The Balaban J connectivity index is 0. The van der Waals surface area contributed by atoms with Gasteiger partial charge in [-0.05, 0) is 18.9 Å². The van der Waals surface area contributed by atoms with Crippen molar-refractivity contribution in [2.24, 2.45) is 4.99 Å². The third-order valence-corrected chi connectivity index (χ3v) is 0.735. The monoisotopic (exact) mass is 127 g/mol. The highest BCUT2D eigenvalue weighted by Gasteiger charge is 1.73. The molecule has 0 aliphatic rings. The van der Waals surface area contributed by atoms with Crippen molar-refractivity contribution in [2.75, 3.05) is 6.54 Å². The van der Waals surface area contributed by atoms with Crippen LogP contribution in [0.15, 0.2) is 11.6 Å². The van der Waals surface area contributed by atoms with E-state index >= 15 is 0 Å². The normalized spacial score (nSPS) is 6.56. The van der Waals surface area contributed by atoms with Crippen LogP contribution in [0.4, 0.5) is 0 Å². The second kappa shape index (κ2) is 15.7. The van der Waals surface area contributed by atoms with E-state index in [2.05, 4.69) is 24.4 Å². The van der Waals surface area contributed by atoms with E-state index in [0.717, 1.165) is 13.0 Å². The van der Waals surface area contributed by atoms with Gasteiger partial charge < -0.3 is 0 Å². The summed E-state index contributed by atoms with van der Waals surface area (Å²) in [5.74, 6) is 2.48. The van der Waals surface area contributed by atoms with Crippen LogP contribution in [0, 0.1) is 0 Å². The summed E-state index contributed by atoms with van der Waals surface area (Å²) in [5, 5.41) is 0. The van der Waals surface area contributed by atoms with Gasteiger partial charge in [0.2, 0.25) is 0 Å². The molecular weight excluding hydrogens is 110 g/mol. The van der Waals surface area contributed by atoms with Gasteiger partial charge in [-0.2, -0.15) is 0 Å². The Morgan fingerprint density at radius 3 is 2.33 bits per heavy atom. The van der Waals surface area contributed by atoms with Gasteiger partial charge in [-0.1, -0.05) is 27.2 Å². The molecule has 1 nitrogen and oxygen atoms in total. The summed E-state index contributed by atoms with van der Waals surface area (Å²) >= 11 is 0. The molecule has 0 unspecified atom stereocenters. The first kappa shape index (κ1) is 11.3. The average molecular weight is 127 g/mol. The molecule has 0 aromatic heterocycles. The highest BCUT2D eigenvalue weighted by molar-refractivity contribution is 5.46. The Bertz CT molecular complexity index is 70.6. The van der Waals surface area contributed by atoms with Gasteiger partial charge in [0.25, 0.3) is 0 Å². The fraction of sp³-hybridized carbons (Fsp3) is 0.750. The maximum atomic E-state index is 3.80. The Labute approximate surface area is 58.5 Å². The van der Waals surface area contributed by atoms with Crippen LogP contribution < -0.4 is 0 Å². The zero-order valence-corrected chi connectivity index (χ0v) is 6.78. The SMILES string of the molecule is C=C=NCCCC.CC. The second-order valence-corrected chi connectivity index (χ2v) is 1.39. The van der Waals surface area contributed by atoms with Crippen molar-refractivity contribution in [1.82, 2.24) is 0 Å². The van der Waals surface area contributed by atoms with Crippen molar-refractivity contribution < 1.29 is 0 Å². The van der Waals surface area contributed by atoms with Crippen LogP contribution in [0.25, 0.3) is 0 Å². The summed E-state index contributed by atoms with van der Waals surface area (Å²) in [4.78, 5) is 3.80. The molecule has 9 heavy (non-hydrogen) atoms. The minimum absolute atomic E-state index is 0.889. The molecule has 0 amide bonds. The van der Waals surface area contributed by atoms with Gasteiger partial charge in [0, 0.05) is 6.54 Å². The van der Waals surface area contributed by atoms with Gasteiger partial charge in [0.05, 0.1) is 0 Å². The molecule has 0 saturated heterocycles. The van der Waals surface area contributed by atoms with Gasteiger partial charge in [0.1, 0.15) is 0 Å². The van der Waals surface area contributed by atoms with E-state index in [9.17, 15) is 0 Å². The highest BCUT2D eigenvalue weighted by Crippen LogP contribution is 1.83. The van der Waals surface area contributed by atoms with E-state index in [0.29, 0.717) is 0 Å². The van der Waals surface area contributed by atoms with E-state index < -0.39 is 0 Å². The summed E-state index contributed by atoms with van der Waals surface area (Å²) in [5.41, 5.74) is 0. The van der Waals surface area contributed by atoms with Crippen molar-refractivity contribution in [3.05, 3.63) is 6.58 Å². The number of nitrogens with zero attached hydrogens (tertiary/aromatic N) is 1. The molecule has 0 atom stereocenters. The van der Waals surface area contributed by atoms with Crippen LogP contribution in [0.5, 0.6) is 0 Å². The predicted octanol–water partition coefficient (Wildman–Crippen LogP) is 2.67. The van der Waals surface area contributed by atoms with Gasteiger partial charge >= 0.3 is 0 Å². The fourth-order valence-electron chi connectivity index (χ4n) is 0.316. The average Bonchev–Trinajstić information content (AvgIpc) is 1.94. The summed E-state index contributed by atoms with van der Waals surface area (Å²) in [7, 11) is 0. The van der Waals surface area contributed by atoms with Gasteiger partial charge in [-0.3, -0.25) is 0 Å². The smallest absolute Gasteiger partial charge is 0.0483 e. The summed E-state index contributed by atoms with van der Waals surface area (Å²) < 4.78 is 0. The lowest BCUT2D eigenvalue weighted by Gasteiger charge is -1.82. The third-order valence-electron chi connectivity index (χ3n) is 0.735. The molecule has 0 radical (unpaired) electrons. The molecule has 54 valence electrons. The first-order valence-corrected chi connectivity index (χ1v) is 3.60. The molecule has 0 fully saturated rings. The van der Waals surface area contributed by atoms with Crippen LogP contribution in [0.2, 0.25) is 0 Å². The summed E-state index contributed by atoms with van der Waals surface area (Å²) in [6, 6.07) is 0. The van der Waals surface area contributed by atoms with Crippen molar-refractivity contribution in [3.8, 4) is 0 Å². The first-order valence-electron chi connectivity index (χ1n) is 3.60. The maximum absolute atomic E-state index is 3.80. The largest absolute Gasteiger partial charge is 0.244 e. The second-order valence-electron chi connectivity index (χ2n) is 1.39. The Morgan fingerprint density at radius 1 is 1.44 bits per heavy atom. The van der Waals surface area contributed by atoms with Crippen LogP contribution in [-0.4, -0.2) is 12.4 Å². The van der Waals surface area contributed by atoms with Gasteiger partial charge in [0.15, 0.2) is 0 Å². The van der Waals surface area contributed by atoms with Crippen LogP contribution in [-0.2, 0) is 0 Å². The minimum Gasteiger partial charge on any atom is -0.244 e. The van der Waals surface area contributed by atoms with E-state index in [4.69, 9.17) is 0 Å². The molecule has 0 bridgehead atoms. The van der Waals surface area contributed by atoms with Crippen LogP contribution in [0.3, 0.4) is 0 Å². The molecule has 0 saturated carbocycles. The Hall–Kier alpha value is -0.550. The van der Waals surface area contributed by atoms with E-state index in [1.165, 1.54) is 6.42 Å². The number of rotatable bonds is 3. The molecular formula is C8H17N. The fourth-order valence-corrected chi connectivity index (χ4v) is 0.316. The first-order chi connectivity index (χ1) is 4.41. The summed E-state index contributed by atoms with van der Waals surface area (Å²) in [6.45, 7) is 10.4. The Morgan fingerprint density at radius 2 is 2.00 bits per heavy atom. The molecule has 1 heteroatoms. The summed E-state index contributed by atoms with van der Waals surface area (Å²) in [6.07, 6.45) is 2.35. The molecule has 0 aliphatic heterocycles. The van der Waals surface area contributed by atoms with E-state index in [1.807, 2.05) is 13.8 Å².